The van der Waals surface area contributed by atoms with Crippen LogP contribution in [0.3, 0.4) is 0 Å². The lowest BCUT2D eigenvalue weighted by molar-refractivity contribution is -0.152. The van der Waals surface area contributed by atoms with E-state index in [1.165, 1.54) is 10.5 Å². The normalized spacial score (nSPS) is 13.6. The van der Waals surface area contributed by atoms with Crippen molar-refractivity contribution in [2.24, 2.45) is 5.92 Å². The lowest BCUT2D eigenvalue weighted by atomic mass is 9.95. The van der Waals surface area contributed by atoms with E-state index in [2.05, 4.69) is 40.3 Å². The smallest absolute Gasteiger partial charge is 0.312 e. The molecule has 0 saturated carbocycles. The third-order valence-electron chi connectivity index (χ3n) is 7.20. The molecular weight excluding hydrogens is 570 g/mol. The van der Waals surface area contributed by atoms with Gasteiger partial charge in [0.2, 0.25) is 5.91 Å². The van der Waals surface area contributed by atoms with Crippen LogP contribution in [0.25, 0.3) is 0 Å². The summed E-state index contributed by atoms with van der Waals surface area (Å²) in [5.74, 6) is -0.496. The monoisotopic (exact) mass is 605 g/mol. The van der Waals surface area contributed by atoms with Crippen molar-refractivity contribution in [2.45, 2.75) is 46.8 Å². The molecule has 1 saturated heterocycles. The van der Waals surface area contributed by atoms with Gasteiger partial charge < -0.3 is 19.9 Å². The molecule has 1 N–H and O–H groups in total. The van der Waals surface area contributed by atoms with Gasteiger partial charge in [-0.25, -0.2) is 0 Å². The number of piperidine rings is 1. The van der Waals surface area contributed by atoms with E-state index in [4.69, 9.17) is 4.74 Å². The van der Waals surface area contributed by atoms with Crippen molar-refractivity contribution in [2.75, 3.05) is 25.5 Å². The highest BCUT2D eigenvalue weighted by atomic mass is 79.9. The topological polar surface area (TPSA) is 79.0 Å². The molecule has 7 nitrogen and oxygen atoms in total. The Labute approximate surface area is 244 Å². The first-order valence-electron chi connectivity index (χ1n) is 13.5. The summed E-state index contributed by atoms with van der Waals surface area (Å²) in [6, 6.07) is 19.7. The van der Waals surface area contributed by atoms with E-state index in [1.54, 1.807) is 11.9 Å². The average molecular weight is 607 g/mol. The number of carbonyl (C=O) groups excluding carboxylic acids is 3. The molecule has 40 heavy (non-hydrogen) atoms. The standard InChI is InChI=1S/C32H36BrN3O4/c1-21-6-5-7-24(16-21)20-40-29-22(2)17-25(18-23(29)3)19-35(4)31(38)32(39)36-14-12-26(13-15-36)30(37)34-28-10-8-27(33)9-11-28/h5-11,16-18,26H,12-15,19-20H2,1-4H3,(H,34,37). The van der Waals surface area contributed by atoms with Gasteiger partial charge in [0.1, 0.15) is 12.4 Å². The minimum atomic E-state index is -0.548. The molecule has 0 spiro atoms. The predicted molar refractivity (Wildman–Crippen MR) is 160 cm³/mol. The number of likely N-dealkylation sites (N-methyl/N-ethyl adjacent to an activating group) is 1. The summed E-state index contributed by atoms with van der Waals surface area (Å²) in [6.45, 7) is 7.60. The SMILES string of the molecule is Cc1cccc(COc2c(C)cc(CN(C)C(=O)C(=O)N3CCC(C(=O)Nc4ccc(Br)cc4)CC3)cc2C)c1. The van der Waals surface area contributed by atoms with Crippen LogP contribution in [0.2, 0.25) is 0 Å². The Morgan fingerprint density at radius 3 is 2.23 bits per heavy atom. The third kappa shape index (κ3) is 7.50. The molecule has 0 radical (unpaired) electrons. The second-order valence-electron chi connectivity index (χ2n) is 10.6. The first-order chi connectivity index (χ1) is 19.1. The molecule has 4 rings (SSSR count). The maximum Gasteiger partial charge on any atom is 0.312 e. The number of hydrogen-bond acceptors (Lipinski definition) is 4. The van der Waals surface area contributed by atoms with Crippen molar-refractivity contribution in [1.29, 1.82) is 0 Å². The van der Waals surface area contributed by atoms with Crippen molar-refractivity contribution in [1.82, 2.24) is 9.80 Å². The van der Waals surface area contributed by atoms with Gasteiger partial charge in [-0.3, -0.25) is 14.4 Å². The maximum atomic E-state index is 13.0. The van der Waals surface area contributed by atoms with E-state index in [1.807, 2.05) is 62.4 Å². The van der Waals surface area contributed by atoms with Gasteiger partial charge >= 0.3 is 11.8 Å². The summed E-state index contributed by atoms with van der Waals surface area (Å²) in [5.41, 5.74) is 5.95. The van der Waals surface area contributed by atoms with Crippen molar-refractivity contribution >= 4 is 39.3 Å². The third-order valence-corrected chi connectivity index (χ3v) is 7.73. The molecule has 1 aliphatic rings. The molecule has 8 heteroatoms. The first kappa shape index (κ1) is 29.3. The van der Waals surface area contributed by atoms with Crippen LogP contribution in [0.1, 0.15) is 40.7 Å². The number of benzene rings is 3. The van der Waals surface area contributed by atoms with Gasteiger partial charge in [0.15, 0.2) is 0 Å². The highest BCUT2D eigenvalue weighted by Crippen LogP contribution is 2.27. The second kappa shape index (κ2) is 13.1. The number of anilines is 1. The van der Waals surface area contributed by atoms with Crippen LogP contribution in [0.4, 0.5) is 5.69 Å². The quantitative estimate of drug-likeness (QED) is 0.346. The minimum Gasteiger partial charge on any atom is -0.488 e. The Morgan fingerprint density at radius 1 is 0.950 bits per heavy atom. The lowest BCUT2D eigenvalue weighted by Gasteiger charge is -2.32. The van der Waals surface area contributed by atoms with E-state index in [-0.39, 0.29) is 11.8 Å². The molecule has 3 aromatic carbocycles. The summed E-state index contributed by atoms with van der Waals surface area (Å²) in [4.78, 5) is 41.6. The fraction of sp³-hybridized carbons (Fsp3) is 0.344. The Morgan fingerprint density at radius 2 is 1.60 bits per heavy atom. The number of ether oxygens (including phenoxy) is 1. The van der Waals surface area contributed by atoms with Gasteiger partial charge in [-0.2, -0.15) is 0 Å². The molecule has 0 aliphatic carbocycles. The number of nitrogens with one attached hydrogen (secondary N) is 1. The van der Waals surface area contributed by atoms with E-state index < -0.39 is 11.8 Å². The van der Waals surface area contributed by atoms with Gasteiger partial charge in [-0.05, 0) is 80.1 Å². The van der Waals surface area contributed by atoms with E-state index in [0.717, 1.165) is 38.2 Å². The predicted octanol–water partition coefficient (Wildman–Crippen LogP) is 5.79. The Bertz CT molecular complexity index is 1360. The number of aryl methyl sites for hydroxylation is 3. The summed E-state index contributed by atoms with van der Waals surface area (Å²) in [6.07, 6.45) is 1.04. The fourth-order valence-corrected chi connectivity index (χ4v) is 5.35. The van der Waals surface area contributed by atoms with Crippen LogP contribution in [-0.2, 0) is 27.5 Å². The van der Waals surface area contributed by atoms with Crippen LogP contribution >= 0.6 is 15.9 Å². The molecule has 1 aliphatic heterocycles. The zero-order chi connectivity index (χ0) is 28.8. The van der Waals surface area contributed by atoms with Gasteiger partial charge in [0.05, 0.1) is 0 Å². The second-order valence-corrected chi connectivity index (χ2v) is 11.5. The van der Waals surface area contributed by atoms with E-state index in [9.17, 15) is 14.4 Å². The molecule has 0 unspecified atom stereocenters. The van der Waals surface area contributed by atoms with Crippen LogP contribution in [0.15, 0.2) is 65.1 Å². The number of carbonyl (C=O) groups is 3. The lowest BCUT2D eigenvalue weighted by Crippen LogP contribution is -2.48. The Balaban J connectivity index is 1.28. The molecule has 210 valence electrons. The van der Waals surface area contributed by atoms with E-state index >= 15 is 0 Å². The zero-order valence-electron chi connectivity index (χ0n) is 23.5. The summed E-state index contributed by atoms with van der Waals surface area (Å²) in [5, 5.41) is 2.94. The molecule has 0 bridgehead atoms. The number of likely N-dealkylation sites (tertiary alicyclic amines) is 1. The largest absolute Gasteiger partial charge is 0.488 e. The average Bonchev–Trinajstić information content (AvgIpc) is 2.93. The van der Waals surface area contributed by atoms with Crippen LogP contribution in [-0.4, -0.2) is 47.7 Å². The van der Waals surface area contributed by atoms with Crippen LogP contribution < -0.4 is 10.1 Å². The maximum absolute atomic E-state index is 13.0. The molecule has 0 atom stereocenters. The minimum absolute atomic E-state index is 0.0603. The van der Waals surface area contributed by atoms with Crippen LogP contribution in [0.5, 0.6) is 5.75 Å². The number of nitrogens with zero attached hydrogens (tertiary/aromatic N) is 2. The summed E-state index contributed by atoms with van der Waals surface area (Å²) in [7, 11) is 1.64. The molecular formula is C32H36BrN3O4. The van der Waals surface area contributed by atoms with Crippen molar-refractivity contribution < 1.29 is 19.1 Å². The molecule has 0 aromatic heterocycles. The Kier molecular flexibility index (Phi) is 9.63. The number of halogens is 1. The molecule has 1 heterocycles. The highest BCUT2D eigenvalue weighted by molar-refractivity contribution is 9.10. The van der Waals surface area contributed by atoms with Crippen LogP contribution in [0, 0.1) is 26.7 Å². The van der Waals surface area contributed by atoms with Crippen molar-refractivity contribution in [3.8, 4) is 5.75 Å². The first-order valence-corrected chi connectivity index (χ1v) is 14.3. The van der Waals surface area contributed by atoms with Gasteiger partial charge in [0.25, 0.3) is 0 Å². The van der Waals surface area contributed by atoms with E-state index in [0.29, 0.717) is 39.1 Å². The van der Waals surface area contributed by atoms with Gasteiger partial charge in [0, 0.05) is 42.8 Å². The van der Waals surface area contributed by atoms with Crippen molar-refractivity contribution in [3.63, 3.8) is 0 Å². The number of hydrogen-bond donors (Lipinski definition) is 1. The zero-order valence-corrected chi connectivity index (χ0v) is 25.1. The van der Waals surface area contributed by atoms with Gasteiger partial charge in [-0.15, -0.1) is 0 Å². The molecule has 1 fully saturated rings. The highest BCUT2D eigenvalue weighted by Gasteiger charge is 2.31. The summed E-state index contributed by atoms with van der Waals surface area (Å²) < 4.78 is 7.07. The molecule has 3 amide bonds. The van der Waals surface area contributed by atoms with Gasteiger partial charge in [-0.1, -0.05) is 57.9 Å². The Hall–Kier alpha value is -3.65. The van der Waals surface area contributed by atoms with Crippen molar-refractivity contribution in [3.05, 3.63) is 93.0 Å². The molecule has 3 aromatic rings. The number of amides is 3. The number of rotatable bonds is 7. The summed E-state index contributed by atoms with van der Waals surface area (Å²) >= 11 is 3.39. The fourth-order valence-electron chi connectivity index (χ4n) is 5.08.